The third-order valence-corrected chi connectivity index (χ3v) is 3.87. The van der Waals surface area contributed by atoms with Crippen molar-refractivity contribution in [2.45, 2.75) is 0 Å². The van der Waals surface area contributed by atoms with E-state index in [1.807, 2.05) is 6.07 Å². The maximum atomic E-state index is 12.3. The Labute approximate surface area is 148 Å². The quantitative estimate of drug-likeness (QED) is 0.468. The van der Waals surface area contributed by atoms with Crippen LogP contribution in [0.15, 0.2) is 46.6 Å². The van der Waals surface area contributed by atoms with E-state index in [-0.39, 0.29) is 22.9 Å². The van der Waals surface area contributed by atoms with Crippen LogP contribution in [0.2, 0.25) is 0 Å². The standard InChI is InChI=1S/C17H14N4O5/c1-20-12-6-4-3-5-11(12)15(17(20)23)19-18-9-10-7-13(21(24)25)16(22)14(8-10)26-2/h3-9,22H,1-2H3/p-1/b18-9-,19-15-. The number of anilines is 1. The molecule has 132 valence electrons. The number of rotatable bonds is 4. The van der Waals surface area contributed by atoms with Crippen molar-refractivity contribution in [3.05, 3.63) is 57.6 Å². The Morgan fingerprint density at radius 3 is 2.69 bits per heavy atom. The first-order valence-corrected chi connectivity index (χ1v) is 7.46. The predicted molar refractivity (Wildman–Crippen MR) is 93.1 cm³/mol. The number of hydrogen-bond donors (Lipinski definition) is 0. The van der Waals surface area contributed by atoms with Gasteiger partial charge in [-0.25, -0.2) is 0 Å². The summed E-state index contributed by atoms with van der Waals surface area (Å²) in [5.41, 5.74) is 1.17. The average molecular weight is 353 g/mol. The normalized spacial score (nSPS) is 14.9. The molecule has 0 fully saturated rings. The Morgan fingerprint density at radius 2 is 2.00 bits per heavy atom. The molecule has 1 heterocycles. The number of nitro benzene ring substituents is 1. The fourth-order valence-electron chi connectivity index (χ4n) is 2.57. The van der Waals surface area contributed by atoms with E-state index in [4.69, 9.17) is 4.74 Å². The highest BCUT2D eigenvalue weighted by Crippen LogP contribution is 2.34. The first-order valence-electron chi connectivity index (χ1n) is 7.46. The van der Waals surface area contributed by atoms with Crippen molar-refractivity contribution in [3.8, 4) is 11.5 Å². The van der Waals surface area contributed by atoms with Gasteiger partial charge in [0.15, 0.2) is 5.71 Å². The second kappa shape index (κ2) is 6.63. The van der Waals surface area contributed by atoms with E-state index in [1.165, 1.54) is 24.3 Å². The van der Waals surface area contributed by atoms with Gasteiger partial charge >= 0.3 is 0 Å². The highest BCUT2D eigenvalue weighted by Gasteiger charge is 2.31. The van der Waals surface area contributed by atoms with Gasteiger partial charge in [-0.1, -0.05) is 18.2 Å². The minimum absolute atomic E-state index is 0.168. The van der Waals surface area contributed by atoms with E-state index >= 15 is 0 Å². The molecule has 0 radical (unpaired) electrons. The smallest absolute Gasteiger partial charge is 0.279 e. The number of hydrogen-bond acceptors (Lipinski definition) is 7. The van der Waals surface area contributed by atoms with Crippen molar-refractivity contribution in [2.75, 3.05) is 19.1 Å². The summed E-state index contributed by atoms with van der Waals surface area (Å²) in [6.07, 6.45) is 1.22. The fraction of sp³-hybridized carbons (Fsp3) is 0.118. The van der Waals surface area contributed by atoms with E-state index in [1.54, 1.807) is 25.2 Å². The van der Waals surface area contributed by atoms with Crippen LogP contribution in [0.25, 0.3) is 0 Å². The van der Waals surface area contributed by atoms with Crippen LogP contribution in [0.4, 0.5) is 11.4 Å². The number of methoxy groups -OCH3 is 1. The molecule has 0 saturated heterocycles. The second-order valence-electron chi connectivity index (χ2n) is 5.40. The zero-order valence-corrected chi connectivity index (χ0v) is 13.9. The van der Waals surface area contributed by atoms with E-state index in [2.05, 4.69) is 10.2 Å². The molecular formula is C17H13N4O5-. The van der Waals surface area contributed by atoms with Crippen LogP contribution in [0.3, 0.4) is 0 Å². The van der Waals surface area contributed by atoms with Crippen molar-refractivity contribution in [1.29, 1.82) is 0 Å². The lowest BCUT2D eigenvalue weighted by atomic mass is 10.1. The van der Waals surface area contributed by atoms with Crippen molar-refractivity contribution < 1.29 is 19.6 Å². The van der Waals surface area contributed by atoms with Crippen LogP contribution in [-0.4, -0.2) is 36.9 Å². The summed E-state index contributed by atoms with van der Waals surface area (Å²) in [5, 5.41) is 30.6. The maximum absolute atomic E-state index is 12.3. The molecule has 3 rings (SSSR count). The summed E-state index contributed by atoms with van der Waals surface area (Å²) in [6.45, 7) is 0. The third-order valence-electron chi connectivity index (χ3n) is 3.87. The second-order valence-corrected chi connectivity index (χ2v) is 5.40. The van der Waals surface area contributed by atoms with Gasteiger partial charge in [0.05, 0.1) is 23.9 Å². The minimum Gasteiger partial charge on any atom is -0.865 e. The van der Waals surface area contributed by atoms with Gasteiger partial charge < -0.3 is 14.7 Å². The van der Waals surface area contributed by atoms with E-state index in [0.29, 0.717) is 5.56 Å². The zero-order valence-electron chi connectivity index (χ0n) is 13.9. The molecule has 0 unspecified atom stereocenters. The topological polar surface area (TPSA) is 120 Å². The van der Waals surface area contributed by atoms with Gasteiger partial charge in [-0.3, -0.25) is 14.9 Å². The summed E-state index contributed by atoms with van der Waals surface area (Å²) >= 11 is 0. The Kier molecular flexibility index (Phi) is 4.36. The van der Waals surface area contributed by atoms with Crippen molar-refractivity contribution >= 4 is 29.2 Å². The molecule has 1 aliphatic heterocycles. The van der Waals surface area contributed by atoms with Crippen molar-refractivity contribution in [2.24, 2.45) is 10.2 Å². The first kappa shape index (κ1) is 17.1. The predicted octanol–water partition coefficient (Wildman–Crippen LogP) is 1.48. The fourth-order valence-corrected chi connectivity index (χ4v) is 2.57. The summed E-state index contributed by atoms with van der Waals surface area (Å²) in [4.78, 5) is 23.9. The first-order chi connectivity index (χ1) is 12.4. The maximum Gasteiger partial charge on any atom is 0.279 e. The summed E-state index contributed by atoms with van der Waals surface area (Å²) < 4.78 is 4.86. The molecule has 0 N–H and O–H groups in total. The van der Waals surface area contributed by atoms with Gasteiger partial charge in [-0.15, -0.1) is 5.10 Å². The molecule has 2 aromatic carbocycles. The van der Waals surface area contributed by atoms with E-state index in [0.717, 1.165) is 11.8 Å². The Bertz CT molecular complexity index is 968. The molecule has 1 aliphatic rings. The number of para-hydroxylation sites is 1. The zero-order chi connectivity index (χ0) is 18.8. The monoisotopic (exact) mass is 353 g/mol. The van der Waals surface area contributed by atoms with Crippen LogP contribution in [-0.2, 0) is 4.79 Å². The largest absolute Gasteiger partial charge is 0.865 e. The van der Waals surface area contributed by atoms with Crippen LogP contribution < -0.4 is 14.7 Å². The van der Waals surface area contributed by atoms with Gasteiger partial charge in [-0.2, -0.15) is 5.10 Å². The summed E-state index contributed by atoms with van der Waals surface area (Å²) in [7, 11) is 2.88. The van der Waals surface area contributed by atoms with Gasteiger partial charge in [0.2, 0.25) is 0 Å². The number of carbonyl (C=O) groups excluding carboxylic acids is 1. The molecule has 9 nitrogen and oxygen atoms in total. The van der Waals surface area contributed by atoms with Gasteiger partial charge in [0, 0.05) is 30.0 Å². The number of benzene rings is 2. The van der Waals surface area contributed by atoms with Gasteiger partial charge in [-0.05, 0) is 12.1 Å². The number of amides is 1. The highest BCUT2D eigenvalue weighted by atomic mass is 16.6. The summed E-state index contributed by atoms with van der Waals surface area (Å²) in [5.74, 6) is -1.29. The number of ether oxygens (including phenoxy) is 1. The number of fused-ring (bicyclic) bond motifs is 1. The highest BCUT2D eigenvalue weighted by molar-refractivity contribution is 6.54. The number of nitrogens with zero attached hydrogens (tertiary/aromatic N) is 4. The lowest BCUT2D eigenvalue weighted by molar-refractivity contribution is -0.398. The van der Waals surface area contributed by atoms with Gasteiger partial charge in [0.25, 0.3) is 11.6 Å². The third kappa shape index (κ3) is 2.86. The Hall–Kier alpha value is -3.75. The van der Waals surface area contributed by atoms with Crippen LogP contribution in [0, 0.1) is 10.1 Å². The molecule has 26 heavy (non-hydrogen) atoms. The number of carbonyl (C=O) groups is 1. The summed E-state index contributed by atoms with van der Waals surface area (Å²) in [6, 6.07) is 9.53. The molecule has 0 aliphatic carbocycles. The van der Waals surface area contributed by atoms with Crippen LogP contribution in [0.5, 0.6) is 11.5 Å². The number of likely N-dealkylation sites (N-methyl/N-ethyl adjacent to an activating group) is 1. The molecule has 0 saturated carbocycles. The molecule has 0 atom stereocenters. The molecule has 9 heteroatoms. The molecule has 0 spiro atoms. The number of nitro groups is 1. The Balaban J connectivity index is 1.96. The molecule has 1 amide bonds. The SMILES string of the molecule is COc1cc(/C=N\N=C2/C(=O)N(C)c3ccccc32)cc([N+](=O)[O-])c1[O-]. The van der Waals surface area contributed by atoms with E-state index < -0.39 is 16.4 Å². The molecule has 0 aromatic heterocycles. The average Bonchev–Trinajstić information content (AvgIpc) is 2.87. The van der Waals surface area contributed by atoms with Crippen molar-refractivity contribution in [1.82, 2.24) is 0 Å². The Morgan fingerprint density at radius 1 is 1.27 bits per heavy atom. The molecule has 0 bridgehead atoms. The molecule has 2 aromatic rings. The minimum atomic E-state index is -0.817. The molecular weight excluding hydrogens is 340 g/mol. The van der Waals surface area contributed by atoms with Gasteiger partial charge in [0.1, 0.15) is 5.75 Å². The van der Waals surface area contributed by atoms with Crippen LogP contribution >= 0.6 is 0 Å². The lowest BCUT2D eigenvalue weighted by Crippen LogP contribution is -2.25. The van der Waals surface area contributed by atoms with Crippen molar-refractivity contribution in [3.63, 3.8) is 0 Å². The van der Waals surface area contributed by atoms with E-state index in [9.17, 15) is 20.0 Å². The lowest BCUT2D eigenvalue weighted by Gasteiger charge is -2.12. The van der Waals surface area contributed by atoms with Crippen LogP contribution in [0.1, 0.15) is 11.1 Å².